The number of carboxylic acid groups (broad SMARTS) is 1. The van der Waals surface area contributed by atoms with Gasteiger partial charge in [-0.1, -0.05) is 56.5 Å². The largest absolute Gasteiger partial charge is 0.483 e. The molecule has 0 radical (unpaired) electrons. The third kappa shape index (κ3) is 11.5. The first-order valence-electron chi connectivity index (χ1n) is 14.7. The summed E-state index contributed by atoms with van der Waals surface area (Å²) in [5.41, 5.74) is 2.94. The number of hydrogen-bond donors (Lipinski definition) is 5. The Balaban J connectivity index is 0.00000187. The van der Waals surface area contributed by atoms with E-state index in [0.717, 1.165) is 36.2 Å². The first kappa shape index (κ1) is 33.8. The van der Waals surface area contributed by atoms with Gasteiger partial charge in [-0.15, -0.1) is 0 Å². The van der Waals surface area contributed by atoms with Crippen molar-refractivity contribution in [3.05, 3.63) is 59.7 Å². The van der Waals surface area contributed by atoms with Crippen LogP contribution in [0.2, 0.25) is 0 Å². The van der Waals surface area contributed by atoms with Gasteiger partial charge in [0.1, 0.15) is 0 Å². The number of carbonyl (C=O) groups is 3. The van der Waals surface area contributed by atoms with Crippen LogP contribution in [0.1, 0.15) is 82.1 Å². The number of anilines is 2. The lowest BCUT2D eigenvalue weighted by atomic mass is 9.95. The molecule has 226 valence electrons. The highest BCUT2D eigenvalue weighted by Gasteiger charge is 2.27. The van der Waals surface area contributed by atoms with Crippen LogP contribution in [-0.2, 0) is 16.0 Å². The average Bonchev–Trinajstić information content (AvgIpc) is 3.38. The molecule has 1 fully saturated rings. The third-order valence-corrected chi connectivity index (χ3v) is 7.22. The molecule has 2 amide bonds. The van der Waals surface area contributed by atoms with Gasteiger partial charge in [0.05, 0.1) is 12.1 Å². The van der Waals surface area contributed by atoms with Crippen molar-refractivity contribution in [2.75, 3.05) is 29.9 Å². The van der Waals surface area contributed by atoms with E-state index in [9.17, 15) is 14.7 Å². The van der Waals surface area contributed by atoms with Gasteiger partial charge in [-0.05, 0) is 63.8 Å². The van der Waals surface area contributed by atoms with Gasteiger partial charge in [-0.25, -0.2) is 0 Å². The van der Waals surface area contributed by atoms with Crippen LogP contribution in [0.25, 0.3) is 0 Å². The van der Waals surface area contributed by atoms with Crippen LogP contribution >= 0.6 is 0 Å². The molecule has 0 saturated carbocycles. The van der Waals surface area contributed by atoms with Crippen molar-refractivity contribution in [3.63, 3.8) is 0 Å². The van der Waals surface area contributed by atoms with Gasteiger partial charge in [0, 0.05) is 48.5 Å². The highest BCUT2D eigenvalue weighted by molar-refractivity contribution is 6.00. The quantitative estimate of drug-likeness (QED) is 0.157. The van der Waals surface area contributed by atoms with Crippen LogP contribution in [0.5, 0.6) is 0 Å². The van der Waals surface area contributed by atoms with Crippen LogP contribution in [-0.4, -0.2) is 65.8 Å². The Labute approximate surface area is 244 Å². The van der Waals surface area contributed by atoms with E-state index in [0.29, 0.717) is 38.0 Å². The van der Waals surface area contributed by atoms with Gasteiger partial charge < -0.3 is 31.1 Å². The predicted molar refractivity (Wildman–Crippen MR) is 165 cm³/mol. The standard InChI is InChI=1S/C31H46N4O3.CH2O2/c1-5-7-11-16-31(3,4)33-22-28(36)27(18-23-13-9-8-10-14-23)34-30(38)24-19-25(32-6-2)21-26(20-24)35-17-12-15-29(35)37;2-1-3/h8-10,13-14,19-21,27-28,32-33,36H,5-7,11-12,15-18,22H2,1-4H3,(H,34,38);1H,(H,2,3)/t27-,28+;/m0./s1. The second kappa shape index (κ2) is 17.4. The van der Waals surface area contributed by atoms with Gasteiger partial charge in [-0.3, -0.25) is 14.4 Å². The Morgan fingerprint density at radius 3 is 2.44 bits per heavy atom. The highest BCUT2D eigenvalue weighted by atomic mass is 16.3. The Hall–Kier alpha value is -3.43. The Morgan fingerprint density at radius 1 is 1.12 bits per heavy atom. The summed E-state index contributed by atoms with van der Waals surface area (Å²) in [4.78, 5) is 36.1. The first-order valence-corrected chi connectivity index (χ1v) is 14.7. The topological polar surface area (TPSA) is 131 Å². The predicted octanol–water partition coefficient (Wildman–Crippen LogP) is 4.60. The van der Waals surface area contributed by atoms with Crippen LogP contribution in [0, 0.1) is 0 Å². The molecule has 0 aromatic heterocycles. The normalized spacial score (nSPS) is 14.6. The molecule has 9 nitrogen and oxygen atoms in total. The number of aliphatic hydroxyl groups is 1. The number of carbonyl (C=O) groups excluding carboxylic acids is 2. The molecule has 0 aliphatic carbocycles. The van der Waals surface area contributed by atoms with E-state index in [1.807, 2.05) is 49.4 Å². The van der Waals surface area contributed by atoms with Crippen molar-refractivity contribution in [1.29, 1.82) is 0 Å². The zero-order valence-electron chi connectivity index (χ0n) is 25.0. The number of β-amino-alcohol motifs (C(OH)–C–C–N with tert-alkyl or cyclic N) is 1. The maximum Gasteiger partial charge on any atom is 0.290 e. The van der Waals surface area contributed by atoms with E-state index in [2.05, 4.69) is 36.7 Å². The minimum atomic E-state index is -0.777. The minimum Gasteiger partial charge on any atom is -0.483 e. The van der Waals surface area contributed by atoms with Gasteiger partial charge >= 0.3 is 0 Å². The molecule has 1 aliphatic heterocycles. The number of unbranched alkanes of at least 4 members (excludes halogenated alkanes) is 2. The lowest BCUT2D eigenvalue weighted by molar-refractivity contribution is -0.123. The molecule has 3 rings (SSSR count). The molecule has 1 aliphatic rings. The molecule has 9 heteroatoms. The number of hydrogen-bond acceptors (Lipinski definition) is 6. The molecule has 2 aromatic rings. The van der Waals surface area contributed by atoms with Gasteiger partial charge in [0.2, 0.25) is 5.91 Å². The SMILES string of the molecule is CCCCCC(C)(C)NC[C@@H](O)[C@H](Cc1ccccc1)NC(=O)c1cc(NCC)cc(N2CCCC2=O)c1.O=CO. The van der Waals surface area contributed by atoms with Crippen molar-refractivity contribution in [2.45, 2.75) is 90.3 Å². The molecule has 0 spiro atoms. The maximum atomic E-state index is 13.6. The number of nitrogens with zero attached hydrogens (tertiary/aromatic N) is 1. The van der Waals surface area contributed by atoms with Gasteiger partial charge in [-0.2, -0.15) is 0 Å². The second-order valence-corrected chi connectivity index (χ2v) is 11.1. The van der Waals surface area contributed by atoms with E-state index in [1.54, 1.807) is 11.0 Å². The van der Waals surface area contributed by atoms with Crippen LogP contribution < -0.4 is 20.9 Å². The van der Waals surface area contributed by atoms with Crippen molar-refractivity contribution < 1.29 is 24.6 Å². The van der Waals surface area contributed by atoms with Gasteiger partial charge in [0.25, 0.3) is 12.4 Å². The monoisotopic (exact) mass is 568 g/mol. The fourth-order valence-electron chi connectivity index (χ4n) is 4.96. The fraction of sp³-hybridized carbons (Fsp3) is 0.531. The summed E-state index contributed by atoms with van der Waals surface area (Å²) in [5, 5.41) is 28.1. The van der Waals surface area contributed by atoms with Crippen molar-refractivity contribution in [3.8, 4) is 0 Å². The molecule has 41 heavy (non-hydrogen) atoms. The maximum absolute atomic E-state index is 13.6. The summed E-state index contributed by atoms with van der Waals surface area (Å²) < 4.78 is 0. The van der Waals surface area contributed by atoms with E-state index in [-0.39, 0.29) is 23.8 Å². The molecular weight excluding hydrogens is 520 g/mol. The Morgan fingerprint density at radius 2 is 1.83 bits per heavy atom. The smallest absolute Gasteiger partial charge is 0.290 e. The number of aliphatic hydroxyl groups excluding tert-OH is 1. The minimum absolute atomic E-state index is 0.0787. The van der Waals surface area contributed by atoms with Crippen molar-refractivity contribution in [1.82, 2.24) is 10.6 Å². The van der Waals surface area contributed by atoms with E-state index < -0.39 is 12.1 Å². The summed E-state index contributed by atoms with van der Waals surface area (Å²) in [5.74, 6) is -0.185. The number of benzene rings is 2. The average molecular weight is 569 g/mol. The van der Waals surface area contributed by atoms with E-state index >= 15 is 0 Å². The molecule has 2 atom stereocenters. The Kier molecular flexibility index (Phi) is 14.3. The molecule has 1 heterocycles. The zero-order chi connectivity index (χ0) is 30.3. The molecule has 1 saturated heterocycles. The fourth-order valence-corrected chi connectivity index (χ4v) is 4.96. The van der Waals surface area contributed by atoms with Crippen molar-refractivity contribution in [2.24, 2.45) is 0 Å². The van der Waals surface area contributed by atoms with Crippen LogP contribution in [0.3, 0.4) is 0 Å². The molecule has 5 N–H and O–H groups in total. The third-order valence-electron chi connectivity index (χ3n) is 7.22. The van der Waals surface area contributed by atoms with E-state index in [4.69, 9.17) is 9.90 Å². The summed E-state index contributed by atoms with van der Waals surface area (Å²) >= 11 is 0. The number of nitrogens with one attached hydrogen (secondary N) is 3. The molecule has 0 unspecified atom stereocenters. The first-order chi connectivity index (χ1) is 19.6. The molecular formula is C32H48N4O5. The lowest BCUT2D eigenvalue weighted by Crippen LogP contribution is -2.52. The second-order valence-electron chi connectivity index (χ2n) is 11.1. The number of amides is 2. The van der Waals surface area contributed by atoms with Crippen LogP contribution in [0.4, 0.5) is 11.4 Å². The van der Waals surface area contributed by atoms with Gasteiger partial charge in [0.15, 0.2) is 0 Å². The number of rotatable bonds is 15. The summed E-state index contributed by atoms with van der Waals surface area (Å²) in [6, 6.07) is 14.9. The summed E-state index contributed by atoms with van der Waals surface area (Å²) in [6.07, 6.45) is 5.61. The van der Waals surface area contributed by atoms with Crippen molar-refractivity contribution >= 4 is 29.7 Å². The summed E-state index contributed by atoms with van der Waals surface area (Å²) in [7, 11) is 0. The summed E-state index contributed by atoms with van der Waals surface area (Å²) in [6.45, 7) is 10.00. The zero-order valence-corrected chi connectivity index (χ0v) is 25.0. The molecule has 2 aromatic carbocycles. The van der Waals surface area contributed by atoms with E-state index in [1.165, 1.54) is 12.8 Å². The molecule has 0 bridgehead atoms. The lowest BCUT2D eigenvalue weighted by Gasteiger charge is -2.31. The highest BCUT2D eigenvalue weighted by Crippen LogP contribution is 2.27. The Bertz CT molecular complexity index is 1090. The van der Waals surface area contributed by atoms with Crippen LogP contribution in [0.15, 0.2) is 48.5 Å².